The predicted octanol–water partition coefficient (Wildman–Crippen LogP) is 2.76. The maximum Gasteiger partial charge on any atom is 0.267 e. The zero-order valence-corrected chi connectivity index (χ0v) is 15.7. The highest BCUT2D eigenvalue weighted by atomic mass is 32.2. The van der Waals surface area contributed by atoms with Gasteiger partial charge in [-0.1, -0.05) is 18.2 Å². The number of sulfonamides is 1. The summed E-state index contributed by atoms with van der Waals surface area (Å²) in [6, 6.07) is 8.88. The highest BCUT2D eigenvalue weighted by molar-refractivity contribution is 7.89. The van der Waals surface area contributed by atoms with Crippen LogP contribution in [-0.4, -0.2) is 30.6 Å². The summed E-state index contributed by atoms with van der Waals surface area (Å²) in [5, 5.41) is 2.37. The number of carbonyl (C=O) groups is 2. The second-order valence-electron chi connectivity index (χ2n) is 6.46. The minimum absolute atomic E-state index is 0.0448. The van der Waals surface area contributed by atoms with Crippen LogP contribution in [0.2, 0.25) is 0 Å². The molecule has 8 heteroatoms. The van der Waals surface area contributed by atoms with Gasteiger partial charge in [-0.2, -0.15) is 0 Å². The summed E-state index contributed by atoms with van der Waals surface area (Å²) in [7, 11) is -4.19. The number of anilines is 1. The zero-order chi connectivity index (χ0) is 19.8. The van der Waals surface area contributed by atoms with Crippen LogP contribution >= 0.6 is 0 Å². The molecule has 1 aliphatic rings. The normalized spacial score (nSPS) is 17.2. The molecule has 142 valence electrons. The van der Waals surface area contributed by atoms with E-state index >= 15 is 0 Å². The molecule has 27 heavy (non-hydrogen) atoms. The monoisotopic (exact) mass is 390 g/mol. The van der Waals surface area contributed by atoms with Gasteiger partial charge in [-0.25, -0.2) is 17.1 Å². The van der Waals surface area contributed by atoms with Gasteiger partial charge in [-0.15, -0.1) is 0 Å². The fraction of sp³-hybridized carbons (Fsp3) is 0.263. The van der Waals surface area contributed by atoms with Crippen molar-refractivity contribution in [3.05, 3.63) is 59.4 Å². The number of para-hydroxylation sites is 1. The predicted molar refractivity (Wildman–Crippen MR) is 98.0 cm³/mol. The average molecular weight is 390 g/mol. The number of rotatable bonds is 4. The van der Waals surface area contributed by atoms with Crippen LogP contribution in [-0.2, 0) is 19.6 Å². The summed E-state index contributed by atoms with van der Waals surface area (Å²) in [5.41, 5.74) is 1.61. The molecule has 3 rings (SSSR count). The van der Waals surface area contributed by atoms with E-state index in [1.807, 2.05) is 6.92 Å². The molecular weight excluding hydrogens is 371 g/mol. The first kappa shape index (κ1) is 19.0. The van der Waals surface area contributed by atoms with E-state index in [1.54, 1.807) is 19.1 Å². The van der Waals surface area contributed by atoms with E-state index in [-0.39, 0.29) is 23.4 Å². The van der Waals surface area contributed by atoms with Crippen LogP contribution in [0.4, 0.5) is 10.1 Å². The Morgan fingerprint density at radius 2 is 1.85 bits per heavy atom. The van der Waals surface area contributed by atoms with Gasteiger partial charge >= 0.3 is 0 Å². The highest BCUT2D eigenvalue weighted by Crippen LogP contribution is 2.29. The van der Waals surface area contributed by atoms with Crippen molar-refractivity contribution in [3.63, 3.8) is 0 Å². The molecule has 0 aromatic heterocycles. The summed E-state index contributed by atoms with van der Waals surface area (Å²) in [6.45, 7) is 3.61. The zero-order valence-electron chi connectivity index (χ0n) is 14.9. The Labute approximate surface area is 157 Å². The van der Waals surface area contributed by atoms with Crippen LogP contribution in [0.15, 0.2) is 47.4 Å². The lowest BCUT2D eigenvalue weighted by atomic mass is 10.1. The Balaban J connectivity index is 1.92. The van der Waals surface area contributed by atoms with Gasteiger partial charge in [0.05, 0.1) is 10.6 Å². The van der Waals surface area contributed by atoms with E-state index in [0.717, 1.165) is 11.1 Å². The average Bonchev–Trinajstić information content (AvgIpc) is 3.01. The largest absolute Gasteiger partial charge is 0.322 e. The van der Waals surface area contributed by atoms with E-state index in [0.29, 0.717) is 4.31 Å². The number of halogens is 1. The quantitative estimate of drug-likeness (QED) is 0.870. The number of amides is 2. The third-order valence-electron chi connectivity index (χ3n) is 4.63. The van der Waals surface area contributed by atoms with Crippen molar-refractivity contribution in [2.45, 2.75) is 37.6 Å². The van der Waals surface area contributed by atoms with Gasteiger partial charge in [-0.3, -0.25) is 9.59 Å². The van der Waals surface area contributed by atoms with Crippen molar-refractivity contribution in [1.29, 1.82) is 0 Å². The second-order valence-corrected chi connectivity index (χ2v) is 8.28. The number of hydrogen-bond acceptors (Lipinski definition) is 4. The molecule has 0 saturated carbocycles. The van der Waals surface area contributed by atoms with E-state index < -0.39 is 33.7 Å². The Morgan fingerprint density at radius 1 is 1.15 bits per heavy atom. The molecular formula is C19H19FN2O4S. The van der Waals surface area contributed by atoms with Crippen molar-refractivity contribution in [1.82, 2.24) is 4.31 Å². The Hall–Kier alpha value is -2.74. The maximum absolute atomic E-state index is 13.8. The van der Waals surface area contributed by atoms with Crippen molar-refractivity contribution < 1.29 is 22.4 Å². The topological polar surface area (TPSA) is 83.6 Å². The number of hydrogen-bond donors (Lipinski definition) is 1. The Bertz CT molecular complexity index is 1020. The van der Waals surface area contributed by atoms with Gasteiger partial charge in [0.25, 0.3) is 10.0 Å². The molecule has 1 saturated heterocycles. The summed E-state index contributed by atoms with van der Waals surface area (Å²) in [5.74, 6) is -2.03. The smallest absolute Gasteiger partial charge is 0.267 e. The summed E-state index contributed by atoms with van der Waals surface area (Å²) < 4.78 is 40.4. The minimum atomic E-state index is -4.19. The molecule has 0 bridgehead atoms. The lowest BCUT2D eigenvalue weighted by Crippen LogP contribution is -2.45. The summed E-state index contributed by atoms with van der Waals surface area (Å²) in [6.07, 6.45) is -0.0252. The third-order valence-corrected chi connectivity index (χ3v) is 6.46. The van der Waals surface area contributed by atoms with Gasteiger partial charge in [0.2, 0.25) is 11.8 Å². The van der Waals surface area contributed by atoms with Crippen LogP contribution in [0.3, 0.4) is 0 Å². The summed E-state index contributed by atoms with van der Waals surface area (Å²) in [4.78, 5) is 24.8. The van der Waals surface area contributed by atoms with E-state index in [9.17, 15) is 22.4 Å². The third kappa shape index (κ3) is 3.57. The molecule has 1 aliphatic heterocycles. The van der Waals surface area contributed by atoms with Gasteiger partial charge < -0.3 is 5.32 Å². The van der Waals surface area contributed by atoms with E-state index in [1.165, 1.54) is 30.3 Å². The molecule has 6 nitrogen and oxygen atoms in total. The van der Waals surface area contributed by atoms with Crippen molar-refractivity contribution in [2.75, 3.05) is 5.32 Å². The first-order valence-corrected chi connectivity index (χ1v) is 9.85. The van der Waals surface area contributed by atoms with Crippen LogP contribution in [0.5, 0.6) is 0 Å². The van der Waals surface area contributed by atoms with Crippen molar-refractivity contribution in [2.24, 2.45) is 0 Å². The molecule has 2 amide bonds. The molecule has 0 unspecified atom stereocenters. The number of benzene rings is 2. The fourth-order valence-electron chi connectivity index (χ4n) is 2.97. The SMILES string of the molecule is Cc1ccc(S(=O)(=O)N2C(=O)CC[C@H]2C(=O)Nc2ccccc2F)cc1C. The van der Waals surface area contributed by atoms with Gasteiger partial charge in [0.1, 0.15) is 11.9 Å². The van der Waals surface area contributed by atoms with E-state index in [4.69, 9.17) is 0 Å². The van der Waals surface area contributed by atoms with Crippen LogP contribution in [0.25, 0.3) is 0 Å². The van der Waals surface area contributed by atoms with Crippen LogP contribution in [0.1, 0.15) is 24.0 Å². The molecule has 1 atom stereocenters. The molecule has 1 N–H and O–H groups in total. The maximum atomic E-state index is 13.8. The lowest BCUT2D eigenvalue weighted by molar-refractivity contribution is -0.128. The molecule has 2 aromatic rings. The first-order chi connectivity index (χ1) is 12.7. The van der Waals surface area contributed by atoms with Gasteiger partial charge in [-0.05, 0) is 55.7 Å². The standard InChI is InChI=1S/C19H19FN2O4S/c1-12-7-8-14(11-13(12)2)27(25,26)22-17(9-10-18(22)23)19(24)21-16-6-4-3-5-15(16)20/h3-8,11,17H,9-10H2,1-2H3,(H,21,24)/t17-/m0/s1. The molecule has 1 fully saturated rings. The number of nitrogens with zero attached hydrogens (tertiary/aromatic N) is 1. The molecule has 0 aliphatic carbocycles. The molecule has 2 aromatic carbocycles. The lowest BCUT2D eigenvalue weighted by Gasteiger charge is -2.24. The minimum Gasteiger partial charge on any atom is -0.322 e. The number of nitrogens with one attached hydrogen (secondary N) is 1. The Kier molecular flexibility index (Phi) is 5.01. The van der Waals surface area contributed by atoms with Gasteiger partial charge in [0, 0.05) is 6.42 Å². The number of aryl methyl sites for hydroxylation is 2. The molecule has 0 spiro atoms. The molecule has 1 heterocycles. The van der Waals surface area contributed by atoms with Crippen molar-refractivity contribution >= 4 is 27.5 Å². The van der Waals surface area contributed by atoms with E-state index in [2.05, 4.69) is 5.32 Å². The molecule has 0 radical (unpaired) electrons. The highest BCUT2D eigenvalue weighted by Gasteiger charge is 2.44. The first-order valence-electron chi connectivity index (χ1n) is 8.41. The fourth-order valence-corrected chi connectivity index (χ4v) is 4.66. The van der Waals surface area contributed by atoms with Crippen LogP contribution in [0, 0.1) is 19.7 Å². The van der Waals surface area contributed by atoms with Crippen molar-refractivity contribution in [3.8, 4) is 0 Å². The second kappa shape index (κ2) is 7.11. The number of carbonyl (C=O) groups excluding carboxylic acids is 2. The summed E-state index contributed by atoms with van der Waals surface area (Å²) >= 11 is 0. The van der Waals surface area contributed by atoms with Crippen LogP contribution < -0.4 is 5.32 Å². The van der Waals surface area contributed by atoms with Gasteiger partial charge in [0.15, 0.2) is 0 Å². The Morgan fingerprint density at radius 3 is 2.52 bits per heavy atom.